The smallest absolute Gasteiger partial charge is 0.235 e. The lowest BCUT2D eigenvalue weighted by Gasteiger charge is -2.41. The molecule has 1 fully saturated rings. The highest BCUT2D eigenvalue weighted by atomic mass is 32.2. The van der Waals surface area contributed by atoms with Crippen LogP contribution in [0.15, 0.2) is 0 Å². The summed E-state index contributed by atoms with van der Waals surface area (Å²) in [7, 11) is 0. The predicted octanol–water partition coefficient (Wildman–Crippen LogP) is 1.55. The summed E-state index contributed by atoms with van der Waals surface area (Å²) in [6, 6.07) is 0.105. The SMILES string of the molecule is CSC(C)C(=O)N1CCN(C(=O)C(C)SC)C(C)C1. The van der Waals surface area contributed by atoms with Gasteiger partial charge in [-0.15, -0.1) is 0 Å². The summed E-state index contributed by atoms with van der Waals surface area (Å²) in [5.74, 6) is 0.370. The monoisotopic (exact) mass is 304 g/mol. The number of nitrogens with zero attached hydrogens (tertiary/aromatic N) is 2. The molecular weight excluding hydrogens is 280 g/mol. The zero-order valence-corrected chi connectivity index (χ0v) is 14.0. The van der Waals surface area contributed by atoms with Gasteiger partial charge < -0.3 is 9.80 Å². The summed E-state index contributed by atoms with van der Waals surface area (Å²) in [5, 5.41) is -0.00519. The zero-order valence-electron chi connectivity index (χ0n) is 12.4. The van der Waals surface area contributed by atoms with Gasteiger partial charge in [-0.25, -0.2) is 0 Å². The first-order valence-electron chi connectivity index (χ1n) is 6.57. The molecule has 1 heterocycles. The van der Waals surface area contributed by atoms with E-state index in [4.69, 9.17) is 0 Å². The van der Waals surface area contributed by atoms with Crippen molar-refractivity contribution in [3.8, 4) is 0 Å². The average molecular weight is 304 g/mol. The second-order valence-corrected chi connectivity index (χ2v) is 7.28. The van der Waals surface area contributed by atoms with Crippen LogP contribution >= 0.6 is 23.5 Å². The average Bonchev–Trinajstić information content (AvgIpc) is 2.43. The fraction of sp³-hybridized carbons (Fsp3) is 0.846. The topological polar surface area (TPSA) is 40.6 Å². The summed E-state index contributed by atoms with van der Waals surface area (Å²) in [6.45, 7) is 7.85. The van der Waals surface area contributed by atoms with Crippen LogP contribution < -0.4 is 0 Å². The highest BCUT2D eigenvalue weighted by molar-refractivity contribution is 8.00. The van der Waals surface area contributed by atoms with Crippen molar-refractivity contribution in [1.82, 2.24) is 9.80 Å². The molecule has 0 radical (unpaired) electrons. The van der Waals surface area contributed by atoms with E-state index in [9.17, 15) is 9.59 Å². The molecule has 3 atom stereocenters. The molecule has 6 heteroatoms. The molecule has 19 heavy (non-hydrogen) atoms. The van der Waals surface area contributed by atoms with E-state index in [2.05, 4.69) is 0 Å². The van der Waals surface area contributed by atoms with E-state index in [-0.39, 0.29) is 28.4 Å². The number of amides is 2. The van der Waals surface area contributed by atoms with E-state index in [0.29, 0.717) is 19.6 Å². The Labute approximate surface area is 124 Å². The van der Waals surface area contributed by atoms with Crippen LogP contribution in [0, 0.1) is 0 Å². The standard InChI is InChI=1S/C13H24N2O2S2/c1-9-8-14(12(16)10(2)18-4)6-7-15(9)13(17)11(3)19-5/h9-11H,6-8H2,1-5H3. The number of hydrogen-bond donors (Lipinski definition) is 0. The number of rotatable bonds is 4. The third kappa shape index (κ3) is 4.05. The van der Waals surface area contributed by atoms with Gasteiger partial charge in [-0.2, -0.15) is 23.5 Å². The van der Waals surface area contributed by atoms with Gasteiger partial charge in [0.25, 0.3) is 0 Å². The second kappa shape index (κ2) is 7.43. The van der Waals surface area contributed by atoms with E-state index in [1.54, 1.807) is 23.5 Å². The predicted molar refractivity (Wildman–Crippen MR) is 83.7 cm³/mol. The van der Waals surface area contributed by atoms with Crippen molar-refractivity contribution >= 4 is 35.3 Å². The number of carbonyl (C=O) groups is 2. The minimum absolute atomic E-state index is 0.000396. The van der Waals surface area contributed by atoms with E-state index >= 15 is 0 Å². The van der Waals surface area contributed by atoms with Gasteiger partial charge >= 0.3 is 0 Å². The number of hydrogen-bond acceptors (Lipinski definition) is 4. The largest absolute Gasteiger partial charge is 0.338 e. The summed E-state index contributed by atoms with van der Waals surface area (Å²) >= 11 is 3.14. The molecule has 0 aromatic heterocycles. The Hall–Kier alpha value is -0.360. The molecule has 1 aliphatic heterocycles. The van der Waals surface area contributed by atoms with Crippen molar-refractivity contribution < 1.29 is 9.59 Å². The Morgan fingerprint density at radius 1 is 1.05 bits per heavy atom. The number of thioether (sulfide) groups is 2. The summed E-state index contributed by atoms with van der Waals surface area (Å²) in [5.41, 5.74) is 0. The highest BCUT2D eigenvalue weighted by Crippen LogP contribution is 2.18. The van der Waals surface area contributed by atoms with Crippen LogP contribution in [0.3, 0.4) is 0 Å². The Morgan fingerprint density at radius 2 is 1.58 bits per heavy atom. The van der Waals surface area contributed by atoms with E-state index in [1.807, 2.05) is 43.1 Å². The molecule has 0 spiro atoms. The Balaban J connectivity index is 2.61. The van der Waals surface area contributed by atoms with Gasteiger partial charge in [-0.3, -0.25) is 9.59 Å². The normalized spacial score (nSPS) is 23.1. The molecule has 1 rings (SSSR count). The molecule has 0 aromatic carbocycles. The van der Waals surface area contributed by atoms with Crippen LogP contribution in [0.2, 0.25) is 0 Å². The molecule has 1 aliphatic rings. The van der Waals surface area contributed by atoms with Crippen molar-refractivity contribution in [2.45, 2.75) is 37.3 Å². The van der Waals surface area contributed by atoms with E-state index in [0.717, 1.165) is 0 Å². The van der Waals surface area contributed by atoms with Crippen LogP contribution in [0.1, 0.15) is 20.8 Å². The van der Waals surface area contributed by atoms with Crippen molar-refractivity contribution in [3.05, 3.63) is 0 Å². The van der Waals surface area contributed by atoms with Gasteiger partial charge in [0.1, 0.15) is 0 Å². The molecular formula is C13H24N2O2S2. The van der Waals surface area contributed by atoms with Gasteiger partial charge in [0.05, 0.1) is 10.5 Å². The maximum Gasteiger partial charge on any atom is 0.235 e. The molecule has 110 valence electrons. The summed E-state index contributed by atoms with van der Waals surface area (Å²) in [6.07, 6.45) is 3.90. The first kappa shape index (κ1) is 16.7. The molecule has 2 amide bonds. The third-order valence-corrected chi connectivity index (χ3v) is 5.44. The fourth-order valence-corrected chi connectivity index (χ4v) is 2.87. The lowest BCUT2D eigenvalue weighted by atomic mass is 10.1. The van der Waals surface area contributed by atoms with Crippen LogP contribution in [-0.4, -0.2) is 70.3 Å². The lowest BCUT2D eigenvalue weighted by molar-refractivity contribution is -0.141. The highest BCUT2D eigenvalue weighted by Gasteiger charge is 2.32. The molecule has 4 nitrogen and oxygen atoms in total. The van der Waals surface area contributed by atoms with Crippen molar-refractivity contribution in [2.24, 2.45) is 0 Å². The second-order valence-electron chi connectivity index (χ2n) is 4.92. The zero-order chi connectivity index (χ0) is 14.6. The fourth-order valence-electron chi connectivity index (χ4n) is 2.18. The van der Waals surface area contributed by atoms with Crippen LogP contribution in [0.5, 0.6) is 0 Å². The van der Waals surface area contributed by atoms with Gasteiger partial charge in [-0.1, -0.05) is 0 Å². The number of carbonyl (C=O) groups excluding carboxylic acids is 2. The van der Waals surface area contributed by atoms with Crippen molar-refractivity contribution in [3.63, 3.8) is 0 Å². The number of piperazine rings is 1. The molecule has 0 bridgehead atoms. The Bertz CT molecular complexity index is 339. The van der Waals surface area contributed by atoms with Gasteiger partial charge in [0.2, 0.25) is 11.8 Å². The molecule has 1 saturated heterocycles. The van der Waals surface area contributed by atoms with Gasteiger partial charge in [0.15, 0.2) is 0 Å². The molecule has 3 unspecified atom stereocenters. The Kier molecular flexibility index (Phi) is 6.53. The quantitative estimate of drug-likeness (QED) is 0.790. The Morgan fingerprint density at radius 3 is 2.05 bits per heavy atom. The van der Waals surface area contributed by atoms with Crippen LogP contribution in [-0.2, 0) is 9.59 Å². The van der Waals surface area contributed by atoms with Gasteiger partial charge in [0, 0.05) is 25.7 Å². The molecule has 0 saturated carbocycles. The summed E-state index contributed by atoms with van der Waals surface area (Å²) in [4.78, 5) is 28.1. The van der Waals surface area contributed by atoms with E-state index in [1.165, 1.54) is 0 Å². The van der Waals surface area contributed by atoms with Gasteiger partial charge in [-0.05, 0) is 33.3 Å². The lowest BCUT2D eigenvalue weighted by Crippen LogP contribution is -2.57. The first-order valence-corrected chi connectivity index (χ1v) is 9.14. The maximum atomic E-state index is 12.2. The van der Waals surface area contributed by atoms with Crippen molar-refractivity contribution in [1.29, 1.82) is 0 Å². The summed E-state index contributed by atoms with van der Waals surface area (Å²) < 4.78 is 0. The van der Waals surface area contributed by atoms with Crippen molar-refractivity contribution in [2.75, 3.05) is 32.1 Å². The molecule has 0 aliphatic carbocycles. The minimum Gasteiger partial charge on any atom is -0.338 e. The third-order valence-electron chi connectivity index (χ3n) is 3.62. The van der Waals surface area contributed by atoms with Crippen LogP contribution in [0.4, 0.5) is 0 Å². The first-order chi connectivity index (χ1) is 8.92. The van der Waals surface area contributed by atoms with E-state index < -0.39 is 0 Å². The van der Waals surface area contributed by atoms with Crippen LogP contribution in [0.25, 0.3) is 0 Å². The molecule has 0 aromatic rings. The minimum atomic E-state index is -0.00479. The maximum absolute atomic E-state index is 12.2. The molecule has 0 N–H and O–H groups in total.